The molecule has 1 heterocycles. The quantitative estimate of drug-likeness (QED) is 0.669. The van der Waals surface area contributed by atoms with E-state index in [2.05, 4.69) is 5.32 Å². The number of nitrogens with one attached hydrogen (secondary N) is 1. The lowest BCUT2D eigenvalue weighted by Gasteiger charge is -2.31. The number of halogens is 1. The molecule has 0 bridgehead atoms. The largest absolute Gasteiger partial charge is 0.322 e. The maximum atomic E-state index is 13.4. The molecule has 0 aliphatic carbocycles. The van der Waals surface area contributed by atoms with Crippen molar-refractivity contribution < 1.29 is 17.6 Å². The van der Waals surface area contributed by atoms with E-state index < -0.39 is 21.7 Å². The highest BCUT2D eigenvalue weighted by Crippen LogP contribution is 2.34. The number of carbonyl (C=O) groups excluding carboxylic acids is 1. The predicted octanol–water partition coefficient (Wildman–Crippen LogP) is 4.53. The molecule has 0 atom stereocenters. The Balaban J connectivity index is 1.66. The summed E-state index contributed by atoms with van der Waals surface area (Å²) >= 11 is 0. The standard InChI is InChI=1S/C23H21FN2O3S/c1-16-7-11-21(12-8-16)30(28,29)26-13-3-5-17-9-10-20(15-22(17)26)25-23(27)18-4-2-6-19(24)14-18/h2,4,6-12,14-15H,3,5,13H2,1H3,(H,25,27). The van der Waals surface area contributed by atoms with Crippen LogP contribution in [0.2, 0.25) is 0 Å². The summed E-state index contributed by atoms with van der Waals surface area (Å²) in [6, 6.07) is 17.4. The highest BCUT2D eigenvalue weighted by atomic mass is 32.2. The fourth-order valence-electron chi connectivity index (χ4n) is 3.54. The zero-order chi connectivity index (χ0) is 21.3. The summed E-state index contributed by atoms with van der Waals surface area (Å²) in [4.78, 5) is 12.7. The SMILES string of the molecule is Cc1ccc(S(=O)(=O)N2CCCc3ccc(NC(=O)c4cccc(F)c4)cc32)cc1. The number of rotatable bonds is 4. The number of nitrogens with zero attached hydrogens (tertiary/aromatic N) is 1. The molecule has 1 amide bonds. The van der Waals surface area contributed by atoms with Crippen LogP contribution in [0.4, 0.5) is 15.8 Å². The van der Waals surface area contributed by atoms with Crippen molar-refractivity contribution >= 4 is 27.3 Å². The Morgan fingerprint density at radius 1 is 1.03 bits per heavy atom. The average Bonchev–Trinajstić information content (AvgIpc) is 2.73. The lowest BCUT2D eigenvalue weighted by atomic mass is 10.0. The lowest BCUT2D eigenvalue weighted by molar-refractivity contribution is 0.102. The van der Waals surface area contributed by atoms with Crippen LogP contribution < -0.4 is 9.62 Å². The van der Waals surface area contributed by atoms with Gasteiger partial charge >= 0.3 is 0 Å². The summed E-state index contributed by atoms with van der Waals surface area (Å²) in [5.74, 6) is -0.957. The second-order valence-electron chi connectivity index (χ2n) is 7.30. The van der Waals surface area contributed by atoms with Gasteiger partial charge < -0.3 is 5.32 Å². The van der Waals surface area contributed by atoms with E-state index >= 15 is 0 Å². The number of amides is 1. The predicted molar refractivity (Wildman–Crippen MR) is 115 cm³/mol. The summed E-state index contributed by atoms with van der Waals surface area (Å²) in [5, 5.41) is 2.73. The molecule has 3 aromatic rings. The van der Waals surface area contributed by atoms with Gasteiger partial charge in [-0.1, -0.05) is 29.8 Å². The molecule has 3 aromatic carbocycles. The molecule has 0 saturated carbocycles. The molecule has 0 unspecified atom stereocenters. The third-order valence-electron chi connectivity index (χ3n) is 5.11. The average molecular weight is 424 g/mol. The van der Waals surface area contributed by atoms with Crippen LogP contribution in [-0.4, -0.2) is 20.9 Å². The van der Waals surface area contributed by atoms with Gasteiger partial charge in [0.2, 0.25) is 0 Å². The van der Waals surface area contributed by atoms with Crippen LogP contribution in [0.3, 0.4) is 0 Å². The second-order valence-corrected chi connectivity index (χ2v) is 9.16. The molecule has 1 aliphatic heterocycles. The molecular weight excluding hydrogens is 403 g/mol. The smallest absolute Gasteiger partial charge is 0.264 e. The molecular formula is C23H21FN2O3S. The zero-order valence-electron chi connectivity index (χ0n) is 16.4. The molecule has 154 valence electrons. The van der Waals surface area contributed by atoms with Gasteiger partial charge in [0, 0.05) is 17.8 Å². The molecule has 1 aliphatic rings. The van der Waals surface area contributed by atoms with Crippen molar-refractivity contribution in [2.24, 2.45) is 0 Å². The third-order valence-corrected chi connectivity index (χ3v) is 6.94. The monoisotopic (exact) mass is 424 g/mol. The zero-order valence-corrected chi connectivity index (χ0v) is 17.2. The van der Waals surface area contributed by atoms with E-state index in [0.717, 1.165) is 23.6 Å². The molecule has 0 saturated heterocycles. The molecule has 4 rings (SSSR count). The van der Waals surface area contributed by atoms with Gasteiger partial charge in [-0.3, -0.25) is 9.10 Å². The Morgan fingerprint density at radius 2 is 1.80 bits per heavy atom. The minimum Gasteiger partial charge on any atom is -0.322 e. The fraction of sp³-hybridized carbons (Fsp3) is 0.174. The normalized spacial score (nSPS) is 13.6. The van der Waals surface area contributed by atoms with Gasteiger partial charge in [0.25, 0.3) is 15.9 Å². The molecule has 7 heteroatoms. The van der Waals surface area contributed by atoms with Gasteiger partial charge in [-0.15, -0.1) is 0 Å². The first kappa shape index (κ1) is 20.1. The van der Waals surface area contributed by atoms with E-state index in [1.807, 2.05) is 13.0 Å². The maximum absolute atomic E-state index is 13.4. The first-order valence-electron chi connectivity index (χ1n) is 9.64. The van der Waals surface area contributed by atoms with Crippen LogP contribution in [0.5, 0.6) is 0 Å². The van der Waals surface area contributed by atoms with E-state index in [-0.39, 0.29) is 10.5 Å². The fourth-order valence-corrected chi connectivity index (χ4v) is 5.07. The Hall–Kier alpha value is -3.19. The van der Waals surface area contributed by atoms with Gasteiger partial charge in [0.15, 0.2) is 0 Å². The molecule has 5 nitrogen and oxygen atoms in total. The first-order valence-corrected chi connectivity index (χ1v) is 11.1. The van der Waals surface area contributed by atoms with E-state index in [9.17, 15) is 17.6 Å². The summed E-state index contributed by atoms with van der Waals surface area (Å²) in [6.45, 7) is 2.27. The topological polar surface area (TPSA) is 66.5 Å². The number of sulfonamides is 1. The van der Waals surface area contributed by atoms with Gasteiger partial charge in [-0.05, 0) is 67.8 Å². The summed E-state index contributed by atoms with van der Waals surface area (Å²) in [5.41, 5.74) is 3.08. The Morgan fingerprint density at radius 3 is 2.53 bits per heavy atom. The number of carbonyl (C=O) groups is 1. The third kappa shape index (κ3) is 3.93. The molecule has 0 radical (unpaired) electrons. The first-order chi connectivity index (χ1) is 14.3. The van der Waals surface area contributed by atoms with E-state index in [1.54, 1.807) is 36.4 Å². The van der Waals surface area contributed by atoms with Gasteiger partial charge in [-0.2, -0.15) is 0 Å². The van der Waals surface area contributed by atoms with Crippen molar-refractivity contribution in [1.29, 1.82) is 0 Å². The molecule has 0 spiro atoms. The van der Waals surface area contributed by atoms with Crippen LogP contribution in [0.25, 0.3) is 0 Å². The highest BCUT2D eigenvalue weighted by molar-refractivity contribution is 7.92. The van der Waals surface area contributed by atoms with Gasteiger partial charge in [-0.25, -0.2) is 12.8 Å². The minimum absolute atomic E-state index is 0.192. The van der Waals surface area contributed by atoms with Gasteiger partial charge in [0.05, 0.1) is 10.6 Å². The summed E-state index contributed by atoms with van der Waals surface area (Å²) in [6.07, 6.45) is 1.47. The number of benzene rings is 3. The minimum atomic E-state index is -3.72. The molecule has 1 N–H and O–H groups in total. The number of aryl methyl sites for hydroxylation is 2. The van der Waals surface area contributed by atoms with Crippen molar-refractivity contribution in [2.45, 2.75) is 24.7 Å². The van der Waals surface area contributed by atoms with Crippen molar-refractivity contribution in [3.05, 3.63) is 89.2 Å². The van der Waals surface area contributed by atoms with E-state index in [0.29, 0.717) is 24.3 Å². The van der Waals surface area contributed by atoms with Crippen molar-refractivity contribution in [2.75, 3.05) is 16.2 Å². The lowest BCUT2D eigenvalue weighted by Crippen LogP contribution is -2.35. The van der Waals surface area contributed by atoms with Crippen LogP contribution in [0, 0.1) is 12.7 Å². The van der Waals surface area contributed by atoms with E-state index in [4.69, 9.17) is 0 Å². The van der Waals surface area contributed by atoms with Crippen molar-refractivity contribution in [1.82, 2.24) is 0 Å². The molecule has 0 fully saturated rings. The van der Waals surface area contributed by atoms with Crippen LogP contribution in [0.1, 0.15) is 27.9 Å². The number of hydrogen-bond acceptors (Lipinski definition) is 3. The van der Waals surface area contributed by atoms with Crippen LogP contribution in [0.15, 0.2) is 71.6 Å². The Bertz CT molecular complexity index is 1210. The Kier molecular flexibility index (Phi) is 5.30. The van der Waals surface area contributed by atoms with Crippen LogP contribution in [-0.2, 0) is 16.4 Å². The van der Waals surface area contributed by atoms with Crippen LogP contribution >= 0.6 is 0 Å². The Labute approximate surface area is 175 Å². The van der Waals surface area contributed by atoms with Gasteiger partial charge in [0.1, 0.15) is 5.82 Å². The molecule has 30 heavy (non-hydrogen) atoms. The number of anilines is 2. The number of hydrogen-bond donors (Lipinski definition) is 1. The summed E-state index contributed by atoms with van der Waals surface area (Å²) in [7, 11) is -3.72. The highest BCUT2D eigenvalue weighted by Gasteiger charge is 2.29. The second kappa shape index (κ2) is 7.91. The van der Waals surface area contributed by atoms with Crippen molar-refractivity contribution in [3.63, 3.8) is 0 Å². The summed E-state index contributed by atoms with van der Waals surface area (Å²) < 4.78 is 41.3. The maximum Gasteiger partial charge on any atom is 0.264 e. The molecule has 0 aromatic heterocycles. The number of fused-ring (bicyclic) bond motifs is 1. The van der Waals surface area contributed by atoms with Crippen molar-refractivity contribution in [3.8, 4) is 0 Å². The van der Waals surface area contributed by atoms with E-state index in [1.165, 1.54) is 22.5 Å².